The highest BCUT2D eigenvalue weighted by Crippen LogP contribution is 2.15. The van der Waals surface area contributed by atoms with Crippen LogP contribution in [0.4, 0.5) is 11.4 Å². The molecular formula is C16H17N3O4. The Labute approximate surface area is 132 Å². The van der Waals surface area contributed by atoms with Crippen molar-refractivity contribution in [1.82, 2.24) is 4.57 Å². The van der Waals surface area contributed by atoms with Gasteiger partial charge in [-0.3, -0.25) is 19.7 Å². The van der Waals surface area contributed by atoms with Crippen molar-refractivity contribution in [3.05, 3.63) is 68.1 Å². The number of carbonyl (C=O) groups excluding carboxylic acids is 1. The predicted molar refractivity (Wildman–Crippen MR) is 86.5 cm³/mol. The summed E-state index contributed by atoms with van der Waals surface area (Å²) in [7, 11) is 0. The Balaban J connectivity index is 2.23. The van der Waals surface area contributed by atoms with Crippen molar-refractivity contribution < 1.29 is 9.72 Å². The van der Waals surface area contributed by atoms with Crippen LogP contribution >= 0.6 is 0 Å². The highest BCUT2D eigenvalue weighted by Gasteiger charge is 2.19. The summed E-state index contributed by atoms with van der Waals surface area (Å²) in [6.07, 6.45) is 2.14. The van der Waals surface area contributed by atoms with Gasteiger partial charge in [0.25, 0.3) is 0 Å². The number of nitrogens with one attached hydrogen (secondary N) is 1. The predicted octanol–water partition coefficient (Wildman–Crippen LogP) is 2.27. The molecular weight excluding hydrogens is 298 g/mol. The molecule has 0 radical (unpaired) electrons. The van der Waals surface area contributed by atoms with E-state index in [1.54, 1.807) is 12.1 Å². The minimum atomic E-state index is -0.783. The molecule has 1 aromatic heterocycles. The molecule has 0 atom stereocenters. The van der Waals surface area contributed by atoms with Gasteiger partial charge >= 0.3 is 11.2 Å². The topological polar surface area (TPSA) is 94.2 Å². The average Bonchev–Trinajstić information content (AvgIpc) is 2.50. The summed E-state index contributed by atoms with van der Waals surface area (Å²) in [5.74, 6) is -0.411. The third-order valence-corrected chi connectivity index (χ3v) is 3.51. The third kappa shape index (κ3) is 3.63. The van der Waals surface area contributed by atoms with Crippen molar-refractivity contribution in [1.29, 1.82) is 0 Å². The number of rotatable bonds is 5. The summed E-state index contributed by atoms with van der Waals surface area (Å²) < 4.78 is 1.04. The lowest BCUT2D eigenvalue weighted by molar-refractivity contribution is -0.387. The van der Waals surface area contributed by atoms with Gasteiger partial charge in [0.2, 0.25) is 5.91 Å². The van der Waals surface area contributed by atoms with Gasteiger partial charge in [-0.1, -0.05) is 25.1 Å². The van der Waals surface area contributed by atoms with Crippen LogP contribution in [0.25, 0.3) is 0 Å². The fourth-order valence-electron chi connectivity index (χ4n) is 2.29. The molecule has 1 amide bonds. The van der Waals surface area contributed by atoms with E-state index in [9.17, 15) is 19.7 Å². The average molecular weight is 315 g/mol. The molecule has 7 nitrogen and oxygen atoms in total. The smallest absolute Gasteiger partial charge is 0.324 e. The van der Waals surface area contributed by atoms with Crippen molar-refractivity contribution in [2.75, 3.05) is 5.32 Å². The van der Waals surface area contributed by atoms with E-state index in [1.807, 2.05) is 19.1 Å². The molecule has 1 aromatic carbocycles. The molecule has 0 saturated carbocycles. The van der Waals surface area contributed by atoms with E-state index < -0.39 is 22.1 Å². The van der Waals surface area contributed by atoms with Crippen molar-refractivity contribution in [2.45, 2.75) is 26.8 Å². The van der Waals surface area contributed by atoms with Crippen LogP contribution in [-0.2, 0) is 17.8 Å². The maximum atomic E-state index is 12.1. The molecule has 120 valence electrons. The van der Waals surface area contributed by atoms with Gasteiger partial charge in [0.1, 0.15) is 6.54 Å². The number of nitro groups is 1. The van der Waals surface area contributed by atoms with Crippen molar-refractivity contribution in [3.63, 3.8) is 0 Å². The SMILES string of the molecule is CCc1ccccc1NC(=O)Cn1ccc(C)c([N+](=O)[O-])c1=O. The van der Waals surface area contributed by atoms with Gasteiger partial charge in [0.15, 0.2) is 0 Å². The summed E-state index contributed by atoms with van der Waals surface area (Å²) in [5.41, 5.74) is 0.633. The summed E-state index contributed by atoms with van der Waals surface area (Å²) in [6, 6.07) is 8.81. The van der Waals surface area contributed by atoms with Crippen LogP contribution in [0.2, 0.25) is 0 Å². The van der Waals surface area contributed by atoms with Gasteiger partial charge in [-0.2, -0.15) is 0 Å². The van der Waals surface area contributed by atoms with Crippen LogP contribution < -0.4 is 10.9 Å². The lowest BCUT2D eigenvalue weighted by atomic mass is 10.1. The number of amides is 1. The second-order valence-electron chi connectivity index (χ2n) is 5.10. The minimum Gasteiger partial charge on any atom is -0.324 e. The second kappa shape index (κ2) is 6.87. The molecule has 0 aliphatic carbocycles. The zero-order valence-corrected chi connectivity index (χ0v) is 12.9. The molecule has 0 saturated heterocycles. The maximum absolute atomic E-state index is 12.1. The zero-order chi connectivity index (χ0) is 17.0. The lowest BCUT2D eigenvalue weighted by Gasteiger charge is -2.11. The number of aryl methyl sites for hydroxylation is 2. The number of nitrogens with zero attached hydrogens (tertiary/aromatic N) is 2. The standard InChI is InChI=1S/C16H17N3O4/c1-3-12-6-4-5-7-13(12)17-14(20)10-18-9-8-11(2)15(16(18)21)19(22)23/h4-9H,3,10H2,1-2H3,(H,17,20). The van der Waals surface area contributed by atoms with Gasteiger partial charge in [0.05, 0.1) is 4.92 Å². The molecule has 0 bridgehead atoms. The summed E-state index contributed by atoms with van der Waals surface area (Å²) >= 11 is 0. The molecule has 1 N–H and O–H groups in total. The normalized spacial score (nSPS) is 10.3. The van der Waals surface area contributed by atoms with Gasteiger partial charge in [0, 0.05) is 17.4 Å². The molecule has 0 fully saturated rings. The first-order valence-corrected chi connectivity index (χ1v) is 7.16. The Hall–Kier alpha value is -2.96. The highest BCUT2D eigenvalue weighted by molar-refractivity contribution is 5.91. The molecule has 2 aromatic rings. The lowest BCUT2D eigenvalue weighted by Crippen LogP contribution is -2.29. The van der Waals surface area contributed by atoms with Crippen molar-refractivity contribution in [2.24, 2.45) is 0 Å². The number of benzene rings is 1. The molecule has 0 spiro atoms. The molecule has 0 aliphatic heterocycles. The maximum Gasteiger partial charge on any atom is 0.336 e. The molecule has 0 unspecified atom stereocenters. The highest BCUT2D eigenvalue weighted by atomic mass is 16.6. The number of pyridine rings is 1. The number of carbonyl (C=O) groups is 1. The van der Waals surface area contributed by atoms with Crippen LogP contribution in [0.5, 0.6) is 0 Å². The third-order valence-electron chi connectivity index (χ3n) is 3.51. The number of hydrogen-bond acceptors (Lipinski definition) is 4. The van der Waals surface area contributed by atoms with Gasteiger partial charge < -0.3 is 9.88 Å². The first-order valence-electron chi connectivity index (χ1n) is 7.16. The molecule has 0 aliphatic rings. The van der Waals surface area contributed by atoms with E-state index in [0.717, 1.165) is 16.6 Å². The van der Waals surface area contributed by atoms with E-state index in [-0.39, 0.29) is 12.1 Å². The van der Waals surface area contributed by atoms with Gasteiger partial charge in [-0.05, 0) is 31.0 Å². The fourth-order valence-corrected chi connectivity index (χ4v) is 2.29. The van der Waals surface area contributed by atoms with Crippen LogP contribution in [0, 0.1) is 17.0 Å². The van der Waals surface area contributed by atoms with Crippen LogP contribution in [0.1, 0.15) is 18.1 Å². The Morgan fingerprint density at radius 2 is 2.00 bits per heavy atom. The van der Waals surface area contributed by atoms with Gasteiger partial charge in [-0.15, -0.1) is 0 Å². The van der Waals surface area contributed by atoms with E-state index in [4.69, 9.17) is 0 Å². The fraction of sp³-hybridized carbons (Fsp3) is 0.250. The van der Waals surface area contributed by atoms with Crippen molar-refractivity contribution >= 4 is 17.3 Å². The Morgan fingerprint density at radius 3 is 2.65 bits per heavy atom. The molecule has 2 rings (SSSR count). The quantitative estimate of drug-likeness (QED) is 0.676. The first kappa shape index (κ1) is 16.4. The van der Waals surface area contributed by atoms with E-state index in [1.165, 1.54) is 19.2 Å². The minimum absolute atomic E-state index is 0.271. The van der Waals surface area contributed by atoms with Crippen molar-refractivity contribution in [3.8, 4) is 0 Å². The summed E-state index contributed by atoms with van der Waals surface area (Å²) in [5, 5.41) is 13.7. The number of aromatic nitrogens is 1. The van der Waals surface area contributed by atoms with E-state index in [0.29, 0.717) is 5.69 Å². The Bertz CT molecular complexity index is 811. The monoisotopic (exact) mass is 315 g/mol. The summed E-state index contributed by atoms with van der Waals surface area (Å²) in [6.45, 7) is 3.18. The van der Waals surface area contributed by atoms with Crippen LogP contribution in [0.15, 0.2) is 41.3 Å². The molecule has 1 heterocycles. The molecule has 23 heavy (non-hydrogen) atoms. The van der Waals surface area contributed by atoms with E-state index in [2.05, 4.69) is 5.32 Å². The van der Waals surface area contributed by atoms with E-state index >= 15 is 0 Å². The number of para-hydroxylation sites is 1. The van der Waals surface area contributed by atoms with Crippen LogP contribution in [-0.4, -0.2) is 15.4 Å². The van der Waals surface area contributed by atoms with Gasteiger partial charge in [-0.25, -0.2) is 0 Å². The molecule has 7 heteroatoms. The Morgan fingerprint density at radius 1 is 1.30 bits per heavy atom. The number of anilines is 1. The number of hydrogen-bond donors (Lipinski definition) is 1. The van der Waals surface area contributed by atoms with Crippen LogP contribution in [0.3, 0.4) is 0 Å². The summed E-state index contributed by atoms with van der Waals surface area (Å²) in [4.78, 5) is 34.4. The Kier molecular flexibility index (Phi) is 4.90. The largest absolute Gasteiger partial charge is 0.336 e. The first-order chi connectivity index (χ1) is 10.9. The second-order valence-corrected chi connectivity index (χ2v) is 5.10. The zero-order valence-electron chi connectivity index (χ0n) is 12.9.